The highest BCUT2D eigenvalue weighted by Crippen LogP contribution is 2.19. The number of thiol groups is 1. The van der Waals surface area contributed by atoms with Crippen LogP contribution in [0, 0.1) is 6.92 Å². The molecule has 64 valence electrons. The minimum atomic E-state index is -0.915. The average Bonchev–Trinajstić information content (AvgIpc) is 2.04. The first-order valence-corrected chi connectivity index (χ1v) is 4.10. The molecule has 0 heterocycles. The van der Waals surface area contributed by atoms with Crippen molar-refractivity contribution >= 4 is 18.6 Å². The van der Waals surface area contributed by atoms with Gasteiger partial charge in [-0.2, -0.15) is 12.6 Å². The van der Waals surface area contributed by atoms with Gasteiger partial charge in [0.1, 0.15) is 5.25 Å². The first-order valence-electron chi connectivity index (χ1n) is 3.58. The van der Waals surface area contributed by atoms with Crippen molar-refractivity contribution in [1.29, 1.82) is 0 Å². The molecule has 1 atom stereocenters. The Kier molecular flexibility index (Phi) is 2.76. The Morgan fingerprint density at radius 3 is 2.33 bits per heavy atom. The standard InChI is InChI=1S/C9H10O2S/c1-6-2-4-7(5-3-6)8(12)9(10)11/h2-5,8,12H,1H3,(H,10,11). The van der Waals surface area contributed by atoms with Crippen LogP contribution >= 0.6 is 12.6 Å². The maximum Gasteiger partial charge on any atom is 0.320 e. The molecule has 12 heavy (non-hydrogen) atoms. The third-order valence-electron chi connectivity index (χ3n) is 1.63. The van der Waals surface area contributed by atoms with E-state index in [4.69, 9.17) is 5.11 Å². The van der Waals surface area contributed by atoms with E-state index < -0.39 is 11.2 Å². The molecule has 1 aromatic carbocycles. The van der Waals surface area contributed by atoms with Gasteiger partial charge in [-0.3, -0.25) is 4.79 Å². The van der Waals surface area contributed by atoms with E-state index in [1.165, 1.54) is 0 Å². The Balaban J connectivity index is 2.89. The van der Waals surface area contributed by atoms with Gasteiger partial charge in [-0.1, -0.05) is 29.8 Å². The van der Waals surface area contributed by atoms with Crippen molar-refractivity contribution in [1.82, 2.24) is 0 Å². The Labute approximate surface area is 76.6 Å². The molecule has 1 unspecified atom stereocenters. The van der Waals surface area contributed by atoms with Crippen LogP contribution in [0.1, 0.15) is 16.4 Å². The number of carbonyl (C=O) groups is 1. The van der Waals surface area contributed by atoms with E-state index in [1.54, 1.807) is 12.1 Å². The molecule has 0 amide bonds. The summed E-state index contributed by atoms with van der Waals surface area (Å²) in [7, 11) is 0. The van der Waals surface area contributed by atoms with Gasteiger partial charge >= 0.3 is 5.97 Å². The Morgan fingerprint density at radius 1 is 1.42 bits per heavy atom. The van der Waals surface area contributed by atoms with E-state index in [0.717, 1.165) is 11.1 Å². The quantitative estimate of drug-likeness (QED) is 0.687. The van der Waals surface area contributed by atoms with Gasteiger partial charge in [0.25, 0.3) is 0 Å². The molecule has 1 aromatic rings. The number of rotatable bonds is 2. The minimum Gasteiger partial charge on any atom is -0.480 e. The molecule has 0 saturated heterocycles. The summed E-state index contributed by atoms with van der Waals surface area (Å²) in [6.07, 6.45) is 0. The lowest BCUT2D eigenvalue weighted by Crippen LogP contribution is -2.04. The van der Waals surface area contributed by atoms with Gasteiger partial charge in [0.15, 0.2) is 0 Å². The number of benzene rings is 1. The van der Waals surface area contributed by atoms with Crippen molar-refractivity contribution in [2.45, 2.75) is 12.2 Å². The molecule has 0 bridgehead atoms. The maximum absolute atomic E-state index is 10.5. The normalized spacial score (nSPS) is 12.5. The third kappa shape index (κ3) is 2.01. The molecule has 1 N–H and O–H groups in total. The van der Waals surface area contributed by atoms with Gasteiger partial charge in [-0.05, 0) is 12.5 Å². The van der Waals surface area contributed by atoms with E-state index in [9.17, 15) is 4.79 Å². The fraction of sp³-hybridized carbons (Fsp3) is 0.222. The number of hydrogen-bond donors (Lipinski definition) is 2. The van der Waals surface area contributed by atoms with Gasteiger partial charge in [0, 0.05) is 0 Å². The maximum atomic E-state index is 10.5. The summed E-state index contributed by atoms with van der Waals surface area (Å²) in [4.78, 5) is 10.5. The molecule has 0 spiro atoms. The summed E-state index contributed by atoms with van der Waals surface area (Å²) >= 11 is 3.95. The molecule has 0 aliphatic carbocycles. The summed E-state index contributed by atoms with van der Waals surface area (Å²) in [5.74, 6) is -0.915. The fourth-order valence-corrected chi connectivity index (χ4v) is 1.06. The van der Waals surface area contributed by atoms with E-state index in [2.05, 4.69) is 12.6 Å². The topological polar surface area (TPSA) is 37.3 Å². The largest absolute Gasteiger partial charge is 0.480 e. The molecule has 0 aliphatic rings. The molecule has 0 aromatic heterocycles. The number of aliphatic carboxylic acids is 1. The summed E-state index contributed by atoms with van der Waals surface area (Å²) in [5.41, 5.74) is 1.83. The highest BCUT2D eigenvalue weighted by molar-refractivity contribution is 7.81. The first-order chi connectivity index (χ1) is 5.61. The van der Waals surface area contributed by atoms with Crippen molar-refractivity contribution in [3.63, 3.8) is 0 Å². The predicted molar refractivity (Wildman–Crippen MR) is 50.5 cm³/mol. The molecular formula is C9H10O2S. The second-order valence-corrected chi connectivity index (χ2v) is 3.17. The van der Waals surface area contributed by atoms with E-state index >= 15 is 0 Å². The monoisotopic (exact) mass is 182 g/mol. The molecular weight excluding hydrogens is 172 g/mol. The second kappa shape index (κ2) is 3.63. The summed E-state index contributed by atoms with van der Waals surface area (Å²) in [5, 5.41) is 7.91. The van der Waals surface area contributed by atoms with Crippen molar-refractivity contribution in [3.8, 4) is 0 Å². The van der Waals surface area contributed by atoms with Crippen molar-refractivity contribution in [2.75, 3.05) is 0 Å². The van der Waals surface area contributed by atoms with Crippen molar-refractivity contribution < 1.29 is 9.90 Å². The van der Waals surface area contributed by atoms with Crippen molar-refractivity contribution in [3.05, 3.63) is 35.4 Å². The van der Waals surface area contributed by atoms with E-state index in [-0.39, 0.29) is 0 Å². The van der Waals surface area contributed by atoms with Crippen molar-refractivity contribution in [2.24, 2.45) is 0 Å². The van der Waals surface area contributed by atoms with Crippen LogP contribution in [0.4, 0.5) is 0 Å². The van der Waals surface area contributed by atoms with Crippen LogP contribution in [-0.4, -0.2) is 11.1 Å². The lowest BCUT2D eigenvalue weighted by atomic mass is 10.1. The van der Waals surface area contributed by atoms with Crippen LogP contribution < -0.4 is 0 Å². The van der Waals surface area contributed by atoms with Crippen LogP contribution in [0.15, 0.2) is 24.3 Å². The molecule has 3 heteroatoms. The van der Waals surface area contributed by atoms with E-state index in [1.807, 2.05) is 19.1 Å². The molecule has 2 nitrogen and oxygen atoms in total. The molecule has 0 aliphatic heterocycles. The van der Waals surface area contributed by atoms with E-state index in [0.29, 0.717) is 0 Å². The van der Waals surface area contributed by atoms with Crippen LogP contribution in [0.5, 0.6) is 0 Å². The molecule has 1 rings (SSSR count). The van der Waals surface area contributed by atoms with Gasteiger partial charge < -0.3 is 5.11 Å². The highest BCUT2D eigenvalue weighted by Gasteiger charge is 2.13. The highest BCUT2D eigenvalue weighted by atomic mass is 32.1. The van der Waals surface area contributed by atoms with Gasteiger partial charge in [-0.15, -0.1) is 0 Å². The van der Waals surface area contributed by atoms with Crippen LogP contribution in [0.2, 0.25) is 0 Å². The molecule has 0 radical (unpaired) electrons. The Hall–Kier alpha value is -0.960. The van der Waals surface area contributed by atoms with Crippen LogP contribution in [0.25, 0.3) is 0 Å². The lowest BCUT2D eigenvalue weighted by Gasteiger charge is -2.04. The smallest absolute Gasteiger partial charge is 0.320 e. The number of carboxylic acids is 1. The third-order valence-corrected chi connectivity index (χ3v) is 2.15. The lowest BCUT2D eigenvalue weighted by molar-refractivity contribution is -0.136. The zero-order valence-corrected chi connectivity index (χ0v) is 7.58. The number of aryl methyl sites for hydroxylation is 1. The zero-order valence-electron chi connectivity index (χ0n) is 6.69. The summed E-state index contributed by atoms with van der Waals surface area (Å²) < 4.78 is 0. The van der Waals surface area contributed by atoms with Gasteiger partial charge in [-0.25, -0.2) is 0 Å². The predicted octanol–water partition coefficient (Wildman–Crippen LogP) is 2.05. The Bertz CT molecular complexity index is 279. The average molecular weight is 182 g/mol. The molecule has 0 saturated carbocycles. The minimum absolute atomic E-state index is 0.717. The first kappa shape index (κ1) is 9.13. The summed E-state index contributed by atoms with van der Waals surface area (Å²) in [6, 6.07) is 7.31. The second-order valence-electron chi connectivity index (χ2n) is 2.65. The van der Waals surface area contributed by atoms with Gasteiger partial charge in [0.05, 0.1) is 0 Å². The molecule has 0 fully saturated rings. The number of carboxylic acid groups (broad SMARTS) is 1. The SMILES string of the molecule is Cc1ccc(C(S)C(=O)O)cc1. The van der Waals surface area contributed by atoms with Crippen LogP contribution in [0.3, 0.4) is 0 Å². The number of hydrogen-bond acceptors (Lipinski definition) is 2. The fourth-order valence-electron chi connectivity index (χ4n) is 0.891. The zero-order chi connectivity index (χ0) is 9.14. The Morgan fingerprint density at radius 2 is 1.92 bits per heavy atom. The van der Waals surface area contributed by atoms with Gasteiger partial charge in [0.2, 0.25) is 0 Å². The summed E-state index contributed by atoms with van der Waals surface area (Å²) in [6.45, 7) is 1.96. The van der Waals surface area contributed by atoms with Crippen LogP contribution in [-0.2, 0) is 4.79 Å².